The standard InChI is InChI=1S/C13H8BrCl2NO3/c14-8-4-9(17(18)19)6-10(5-8)20-13-3-1-2-12(16)11(13)7-15/h1-6H,7H2. The SMILES string of the molecule is O=[N+]([O-])c1cc(Br)cc(Oc2cccc(Cl)c2CCl)c1. The number of nitro benzene ring substituents is 1. The van der Waals surface area contributed by atoms with Crippen LogP contribution in [0.25, 0.3) is 0 Å². The first-order valence-corrected chi connectivity index (χ1v) is 7.18. The van der Waals surface area contributed by atoms with Crippen LogP contribution in [-0.2, 0) is 5.88 Å². The van der Waals surface area contributed by atoms with Gasteiger partial charge < -0.3 is 4.74 Å². The van der Waals surface area contributed by atoms with Gasteiger partial charge in [-0.05, 0) is 18.2 Å². The second-order valence-corrected chi connectivity index (χ2v) is 5.44. The maximum absolute atomic E-state index is 10.8. The van der Waals surface area contributed by atoms with E-state index in [0.717, 1.165) is 0 Å². The number of hydrogen-bond acceptors (Lipinski definition) is 3. The molecule has 0 spiro atoms. The zero-order chi connectivity index (χ0) is 14.7. The van der Waals surface area contributed by atoms with Gasteiger partial charge in [0.25, 0.3) is 5.69 Å². The molecule has 4 nitrogen and oxygen atoms in total. The Morgan fingerprint density at radius 3 is 2.70 bits per heavy atom. The third-order valence-corrected chi connectivity index (χ3v) is 3.58. The molecule has 0 heterocycles. The molecule has 0 aliphatic carbocycles. The summed E-state index contributed by atoms with van der Waals surface area (Å²) in [6.45, 7) is 0. The van der Waals surface area contributed by atoms with Crippen LogP contribution in [0.5, 0.6) is 11.5 Å². The summed E-state index contributed by atoms with van der Waals surface area (Å²) in [7, 11) is 0. The average molecular weight is 377 g/mol. The van der Waals surface area contributed by atoms with E-state index in [1.165, 1.54) is 12.1 Å². The largest absolute Gasteiger partial charge is 0.457 e. The van der Waals surface area contributed by atoms with Gasteiger partial charge in [0, 0.05) is 21.1 Å². The number of nitro groups is 1. The summed E-state index contributed by atoms with van der Waals surface area (Å²) < 4.78 is 6.20. The van der Waals surface area contributed by atoms with Crippen molar-refractivity contribution >= 4 is 44.8 Å². The van der Waals surface area contributed by atoms with Crippen LogP contribution in [0, 0.1) is 10.1 Å². The molecule has 2 aromatic rings. The number of halogens is 3. The molecule has 0 atom stereocenters. The molecule has 104 valence electrons. The second kappa shape index (κ2) is 6.43. The lowest BCUT2D eigenvalue weighted by molar-refractivity contribution is -0.385. The highest BCUT2D eigenvalue weighted by Crippen LogP contribution is 2.34. The second-order valence-electron chi connectivity index (χ2n) is 3.85. The van der Waals surface area contributed by atoms with Gasteiger partial charge in [-0.1, -0.05) is 33.6 Å². The van der Waals surface area contributed by atoms with Crippen molar-refractivity contribution in [1.82, 2.24) is 0 Å². The van der Waals surface area contributed by atoms with Gasteiger partial charge in [0.1, 0.15) is 11.5 Å². The van der Waals surface area contributed by atoms with Crippen molar-refractivity contribution in [2.75, 3.05) is 0 Å². The van der Waals surface area contributed by atoms with Crippen LogP contribution in [-0.4, -0.2) is 4.92 Å². The zero-order valence-electron chi connectivity index (χ0n) is 9.98. The van der Waals surface area contributed by atoms with E-state index in [2.05, 4.69) is 15.9 Å². The number of ether oxygens (including phenoxy) is 1. The lowest BCUT2D eigenvalue weighted by Crippen LogP contribution is -1.93. The van der Waals surface area contributed by atoms with E-state index in [1.807, 2.05) is 0 Å². The summed E-state index contributed by atoms with van der Waals surface area (Å²) in [5.41, 5.74) is 0.572. The molecule has 0 aliphatic rings. The van der Waals surface area contributed by atoms with Crippen LogP contribution >= 0.6 is 39.1 Å². The molecule has 0 aliphatic heterocycles. The first-order chi connectivity index (χ1) is 9.51. The molecule has 2 rings (SSSR count). The molecule has 0 saturated heterocycles. The number of rotatable bonds is 4. The predicted molar refractivity (Wildman–Crippen MR) is 81.9 cm³/mol. The Morgan fingerprint density at radius 2 is 2.05 bits per heavy atom. The molecule has 0 aromatic heterocycles. The molecule has 7 heteroatoms. The van der Waals surface area contributed by atoms with E-state index >= 15 is 0 Å². The third-order valence-electron chi connectivity index (χ3n) is 2.50. The molecular weight excluding hydrogens is 369 g/mol. The Hall–Kier alpha value is -1.30. The minimum atomic E-state index is -0.488. The Kier molecular flexibility index (Phi) is 4.86. The smallest absolute Gasteiger partial charge is 0.274 e. The molecule has 0 radical (unpaired) electrons. The number of benzene rings is 2. The zero-order valence-corrected chi connectivity index (χ0v) is 13.1. The molecule has 0 unspecified atom stereocenters. The van der Waals surface area contributed by atoms with E-state index in [9.17, 15) is 10.1 Å². The molecule has 0 fully saturated rings. The summed E-state index contributed by atoms with van der Waals surface area (Å²) >= 11 is 15.1. The normalized spacial score (nSPS) is 10.3. The Bertz CT molecular complexity index is 664. The van der Waals surface area contributed by atoms with Crippen LogP contribution < -0.4 is 4.74 Å². The summed E-state index contributed by atoms with van der Waals surface area (Å²) in [5.74, 6) is 0.991. The summed E-state index contributed by atoms with van der Waals surface area (Å²) in [6, 6.07) is 9.49. The predicted octanol–water partition coefficient (Wildman–Crippen LogP) is 5.54. The van der Waals surface area contributed by atoms with Gasteiger partial charge in [-0.3, -0.25) is 10.1 Å². The van der Waals surface area contributed by atoms with Crippen LogP contribution in [0.2, 0.25) is 5.02 Å². The topological polar surface area (TPSA) is 52.4 Å². The van der Waals surface area contributed by atoms with Crippen LogP contribution in [0.15, 0.2) is 40.9 Å². The molecule has 0 saturated carbocycles. The third kappa shape index (κ3) is 3.42. The Labute approximate surface area is 133 Å². The fourth-order valence-electron chi connectivity index (χ4n) is 1.60. The van der Waals surface area contributed by atoms with Crippen molar-refractivity contribution in [3.8, 4) is 11.5 Å². The monoisotopic (exact) mass is 375 g/mol. The molecule has 0 N–H and O–H groups in total. The van der Waals surface area contributed by atoms with E-state index < -0.39 is 4.92 Å². The Balaban J connectivity index is 2.40. The molecule has 0 amide bonds. The van der Waals surface area contributed by atoms with Gasteiger partial charge in [0.15, 0.2) is 0 Å². The van der Waals surface area contributed by atoms with Gasteiger partial charge >= 0.3 is 0 Å². The molecular formula is C13H8BrCl2NO3. The highest BCUT2D eigenvalue weighted by molar-refractivity contribution is 9.10. The number of non-ortho nitro benzene ring substituents is 1. The lowest BCUT2D eigenvalue weighted by Gasteiger charge is -2.11. The van der Waals surface area contributed by atoms with Gasteiger partial charge in [-0.25, -0.2) is 0 Å². The fraction of sp³-hybridized carbons (Fsp3) is 0.0769. The van der Waals surface area contributed by atoms with Crippen molar-refractivity contribution < 1.29 is 9.66 Å². The van der Waals surface area contributed by atoms with Crippen LogP contribution in [0.1, 0.15) is 5.56 Å². The van der Waals surface area contributed by atoms with Gasteiger partial charge in [-0.15, -0.1) is 11.6 Å². The number of alkyl halides is 1. The Morgan fingerprint density at radius 1 is 1.30 bits per heavy atom. The van der Waals surface area contributed by atoms with E-state index in [1.54, 1.807) is 24.3 Å². The van der Waals surface area contributed by atoms with Crippen molar-refractivity contribution in [2.45, 2.75) is 5.88 Å². The first kappa shape index (κ1) is 15.1. The van der Waals surface area contributed by atoms with Crippen LogP contribution in [0.3, 0.4) is 0 Å². The molecule has 2 aromatic carbocycles. The van der Waals surface area contributed by atoms with Gasteiger partial charge in [0.2, 0.25) is 0 Å². The molecule has 0 bridgehead atoms. The minimum Gasteiger partial charge on any atom is -0.457 e. The van der Waals surface area contributed by atoms with E-state index in [-0.39, 0.29) is 11.6 Å². The van der Waals surface area contributed by atoms with E-state index in [0.29, 0.717) is 26.6 Å². The highest BCUT2D eigenvalue weighted by Gasteiger charge is 2.12. The van der Waals surface area contributed by atoms with Gasteiger partial charge in [0.05, 0.1) is 16.9 Å². The van der Waals surface area contributed by atoms with E-state index in [4.69, 9.17) is 27.9 Å². The summed E-state index contributed by atoms with van der Waals surface area (Å²) in [5, 5.41) is 11.3. The van der Waals surface area contributed by atoms with Gasteiger partial charge in [-0.2, -0.15) is 0 Å². The molecule has 20 heavy (non-hydrogen) atoms. The van der Waals surface area contributed by atoms with Crippen molar-refractivity contribution in [2.24, 2.45) is 0 Å². The average Bonchev–Trinajstić information content (AvgIpc) is 2.38. The number of nitrogens with zero attached hydrogens (tertiary/aromatic N) is 1. The van der Waals surface area contributed by atoms with Crippen molar-refractivity contribution in [3.05, 3.63) is 61.6 Å². The van der Waals surface area contributed by atoms with Crippen LogP contribution in [0.4, 0.5) is 5.69 Å². The maximum Gasteiger partial charge on any atom is 0.274 e. The summed E-state index contributed by atoms with van der Waals surface area (Å²) in [6.07, 6.45) is 0. The minimum absolute atomic E-state index is 0.0659. The van der Waals surface area contributed by atoms with Crippen molar-refractivity contribution in [3.63, 3.8) is 0 Å². The first-order valence-electron chi connectivity index (χ1n) is 5.47. The fourth-order valence-corrected chi connectivity index (χ4v) is 2.64. The quantitative estimate of drug-likeness (QED) is 0.399. The maximum atomic E-state index is 10.8. The highest BCUT2D eigenvalue weighted by atomic mass is 79.9. The number of hydrogen-bond donors (Lipinski definition) is 0. The lowest BCUT2D eigenvalue weighted by atomic mass is 10.2. The van der Waals surface area contributed by atoms with Crippen molar-refractivity contribution in [1.29, 1.82) is 0 Å². The summed E-state index contributed by atoms with van der Waals surface area (Å²) in [4.78, 5) is 10.3.